The maximum atomic E-state index is 12.6. The number of phosphoric acid groups is 1. The number of likely N-dealkylation sites (N-methyl/N-ethyl adjacent to an activating group) is 1. The molecule has 10 heteroatoms. The molecule has 0 aliphatic heterocycles. The number of carbonyl (C=O) groups is 2. The normalized spacial score (nSPS) is 14.0. The molecule has 51 heavy (non-hydrogen) atoms. The molecule has 0 fully saturated rings. The lowest BCUT2D eigenvalue weighted by molar-refractivity contribution is -0.161. The van der Waals surface area contributed by atoms with E-state index >= 15 is 0 Å². The van der Waals surface area contributed by atoms with E-state index in [-0.39, 0.29) is 32.0 Å². The predicted molar refractivity (Wildman–Crippen MR) is 211 cm³/mol. The van der Waals surface area contributed by atoms with Crippen LogP contribution in [-0.4, -0.2) is 68.3 Å². The fourth-order valence-electron chi connectivity index (χ4n) is 5.03. The molecule has 0 aromatic rings. The van der Waals surface area contributed by atoms with Gasteiger partial charge in [-0.2, -0.15) is 0 Å². The molecule has 0 bridgehead atoms. The molecule has 0 saturated carbocycles. The third kappa shape index (κ3) is 37.5. The summed E-state index contributed by atoms with van der Waals surface area (Å²) in [7, 11) is -0.739. The van der Waals surface area contributed by atoms with E-state index in [0.29, 0.717) is 19.4 Å². The molecule has 0 amide bonds. The van der Waals surface area contributed by atoms with Gasteiger partial charge in [-0.15, -0.1) is 0 Å². The van der Waals surface area contributed by atoms with Crippen LogP contribution in [0.1, 0.15) is 155 Å². The van der Waals surface area contributed by atoms with Crippen LogP contribution >= 0.6 is 7.82 Å². The zero-order valence-electron chi connectivity index (χ0n) is 32.8. The first-order chi connectivity index (χ1) is 24.7. The first-order valence-corrected chi connectivity index (χ1v) is 21.4. The summed E-state index contributed by atoms with van der Waals surface area (Å²) in [6.45, 7) is 4.20. The highest BCUT2D eigenvalue weighted by Gasteiger charge is 2.26. The van der Waals surface area contributed by atoms with Crippen LogP contribution in [0.2, 0.25) is 0 Å². The van der Waals surface area contributed by atoms with Crippen molar-refractivity contribution in [3.05, 3.63) is 48.6 Å². The number of unbranched alkanes of at least 4 members (excludes halogenated alkanes) is 14. The molecule has 0 heterocycles. The summed E-state index contributed by atoms with van der Waals surface area (Å²) in [5, 5.41) is 0. The van der Waals surface area contributed by atoms with Crippen LogP contribution in [0.3, 0.4) is 0 Å². The maximum absolute atomic E-state index is 12.6. The number of hydrogen-bond acceptors (Lipinski definition) is 8. The number of allylic oxidation sites excluding steroid dienone is 8. The van der Waals surface area contributed by atoms with E-state index in [9.17, 15) is 19.0 Å². The average Bonchev–Trinajstić information content (AvgIpc) is 3.09. The third-order valence-corrected chi connectivity index (χ3v) is 9.12. The summed E-state index contributed by atoms with van der Waals surface area (Å²) in [6, 6.07) is 0. The number of phosphoric ester groups is 1. The van der Waals surface area contributed by atoms with E-state index in [1.54, 1.807) is 4.90 Å². The Morgan fingerprint density at radius 2 is 1.08 bits per heavy atom. The monoisotopic (exact) mass is 740 g/mol. The summed E-state index contributed by atoms with van der Waals surface area (Å²) in [5.41, 5.74) is 0. The quantitative estimate of drug-likeness (QED) is 0.0290. The number of nitrogens with zero attached hydrogens (tertiary/aromatic N) is 1. The van der Waals surface area contributed by atoms with Gasteiger partial charge in [-0.3, -0.25) is 18.6 Å². The van der Waals surface area contributed by atoms with Crippen molar-refractivity contribution in [1.82, 2.24) is 4.90 Å². The molecule has 0 spiro atoms. The predicted octanol–water partition coefficient (Wildman–Crippen LogP) is 11.0. The van der Waals surface area contributed by atoms with Crippen LogP contribution in [0, 0.1) is 0 Å². The number of carbonyl (C=O) groups excluding carboxylic acids is 2. The first-order valence-electron chi connectivity index (χ1n) is 19.9. The molecule has 2 atom stereocenters. The number of hydrogen-bond donors (Lipinski definition) is 1. The SMILES string of the molecule is CCCCC/C=C\C/C=C\C/C=C\C/C=C\CCCC(=O)OC(COC(=O)CCCCCCCCCCCCC)COP(=O)(O)OCCN(C)C. The van der Waals surface area contributed by atoms with Crippen molar-refractivity contribution in [2.45, 2.75) is 161 Å². The molecule has 296 valence electrons. The molecule has 0 aromatic carbocycles. The van der Waals surface area contributed by atoms with Crippen molar-refractivity contribution in [3.63, 3.8) is 0 Å². The van der Waals surface area contributed by atoms with Crippen molar-refractivity contribution in [3.8, 4) is 0 Å². The van der Waals surface area contributed by atoms with E-state index in [0.717, 1.165) is 38.5 Å². The third-order valence-electron chi connectivity index (χ3n) is 8.14. The van der Waals surface area contributed by atoms with Gasteiger partial charge in [-0.1, -0.05) is 140 Å². The minimum Gasteiger partial charge on any atom is -0.462 e. The van der Waals surface area contributed by atoms with Crippen molar-refractivity contribution < 1.29 is 37.6 Å². The molecule has 0 radical (unpaired) electrons. The van der Waals surface area contributed by atoms with Gasteiger partial charge in [-0.25, -0.2) is 4.57 Å². The Morgan fingerprint density at radius 1 is 0.608 bits per heavy atom. The van der Waals surface area contributed by atoms with Crippen LogP contribution in [0.5, 0.6) is 0 Å². The topological polar surface area (TPSA) is 112 Å². The lowest BCUT2D eigenvalue weighted by Crippen LogP contribution is -2.29. The lowest BCUT2D eigenvalue weighted by Gasteiger charge is -2.20. The van der Waals surface area contributed by atoms with Gasteiger partial charge in [0.15, 0.2) is 6.10 Å². The molecule has 0 aliphatic carbocycles. The molecule has 0 aromatic heterocycles. The van der Waals surface area contributed by atoms with Crippen LogP contribution in [0.15, 0.2) is 48.6 Å². The number of rotatable bonds is 36. The fourth-order valence-corrected chi connectivity index (χ4v) is 5.77. The van der Waals surface area contributed by atoms with Gasteiger partial charge in [0.2, 0.25) is 0 Å². The molecule has 0 aliphatic rings. The molecular weight excluding hydrogens is 665 g/mol. The zero-order chi connectivity index (χ0) is 37.7. The Labute approximate surface area is 311 Å². The number of esters is 2. The Balaban J connectivity index is 4.45. The van der Waals surface area contributed by atoms with E-state index in [2.05, 4.69) is 56.4 Å². The van der Waals surface area contributed by atoms with E-state index in [4.69, 9.17) is 18.5 Å². The lowest BCUT2D eigenvalue weighted by atomic mass is 10.1. The molecule has 2 unspecified atom stereocenters. The summed E-state index contributed by atoms with van der Waals surface area (Å²) >= 11 is 0. The Bertz CT molecular complexity index is 994. The van der Waals surface area contributed by atoms with Crippen molar-refractivity contribution in [2.75, 3.05) is 40.5 Å². The zero-order valence-corrected chi connectivity index (χ0v) is 33.7. The average molecular weight is 740 g/mol. The highest BCUT2D eigenvalue weighted by molar-refractivity contribution is 7.47. The second-order valence-electron chi connectivity index (χ2n) is 13.5. The van der Waals surface area contributed by atoms with Gasteiger partial charge in [0.1, 0.15) is 6.61 Å². The van der Waals surface area contributed by atoms with Crippen LogP contribution in [0.25, 0.3) is 0 Å². The van der Waals surface area contributed by atoms with Crippen molar-refractivity contribution in [2.24, 2.45) is 0 Å². The van der Waals surface area contributed by atoms with Crippen LogP contribution in [-0.2, 0) is 32.7 Å². The molecule has 9 nitrogen and oxygen atoms in total. The summed E-state index contributed by atoms with van der Waals surface area (Å²) in [5.74, 6) is -0.871. The van der Waals surface area contributed by atoms with Crippen molar-refractivity contribution in [1.29, 1.82) is 0 Å². The van der Waals surface area contributed by atoms with Gasteiger partial charge >= 0.3 is 19.8 Å². The number of ether oxygens (including phenoxy) is 2. The van der Waals surface area contributed by atoms with Gasteiger partial charge < -0.3 is 19.3 Å². The molecule has 1 N–H and O–H groups in total. The smallest absolute Gasteiger partial charge is 0.462 e. The minimum absolute atomic E-state index is 0.00331. The van der Waals surface area contributed by atoms with Crippen LogP contribution < -0.4 is 0 Å². The van der Waals surface area contributed by atoms with Gasteiger partial charge in [0.05, 0.1) is 13.2 Å². The summed E-state index contributed by atoms with van der Waals surface area (Å²) in [6.07, 6.45) is 38.8. The fraction of sp³-hybridized carbons (Fsp3) is 0.756. The molecular formula is C41H74NO8P. The second-order valence-corrected chi connectivity index (χ2v) is 14.9. The van der Waals surface area contributed by atoms with Gasteiger partial charge in [0.25, 0.3) is 0 Å². The summed E-state index contributed by atoms with van der Waals surface area (Å²) < 4.78 is 33.3. The first kappa shape index (κ1) is 49.0. The highest BCUT2D eigenvalue weighted by Crippen LogP contribution is 2.43. The van der Waals surface area contributed by atoms with E-state index in [1.165, 1.54) is 77.0 Å². The van der Waals surface area contributed by atoms with Crippen LogP contribution in [0.4, 0.5) is 0 Å². The van der Waals surface area contributed by atoms with Gasteiger partial charge in [-0.05, 0) is 65.5 Å². The standard InChI is InChI=1S/C41H74NO8P/c1-5-7-9-11-13-15-17-18-19-20-21-22-24-26-28-30-32-34-41(44)50-39(38-49-51(45,46)48-36-35-42(3)4)37-47-40(43)33-31-29-27-25-23-16-14-12-10-8-6-2/h13,15,18-19,21-22,26,28,39H,5-12,14,16-17,20,23-25,27,29-38H2,1-4H3,(H,45,46)/b15-13-,19-18-,22-21-,28-26-. The largest absolute Gasteiger partial charge is 0.472 e. The van der Waals surface area contributed by atoms with Crippen molar-refractivity contribution >= 4 is 19.8 Å². The van der Waals surface area contributed by atoms with Gasteiger partial charge in [0, 0.05) is 19.4 Å². The molecule has 0 saturated heterocycles. The summed E-state index contributed by atoms with van der Waals surface area (Å²) in [4.78, 5) is 36.8. The Hall–Kier alpha value is -2.03. The maximum Gasteiger partial charge on any atom is 0.472 e. The molecule has 0 rings (SSSR count). The second kappa shape index (κ2) is 36.3. The van der Waals surface area contributed by atoms with E-state index in [1.807, 2.05) is 20.2 Å². The van der Waals surface area contributed by atoms with E-state index < -0.39 is 26.5 Å². The Kier molecular flexibility index (Phi) is 34.9. The highest BCUT2D eigenvalue weighted by atomic mass is 31.2. The Morgan fingerprint density at radius 3 is 1.63 bits per heavy atom. The minimum atomic E-state index is -4.37.